The summed E-state index contributed by atoms with van der Waals surface area (Å²) in [5.74, 6) is 0. The first-order valence-electron chi connectivity index (χ1n) is 4.93. The summed E-state index contributed by atoms with van der Waals surface area (Å²) in [4.78, 5) is 4.68. The minimum absolute atomic E-state index is 0.286. The number of aromatic nitrogens is 1. The highest BCUT2D eigenvalue weighted by Crippen LogP contribution is 2.40. The van der Waals surface area contributed by atoms with Gasteiger partial charge in [-0.05, 0) is 22.9 Å². The van der Waals surface area contributed by atoms with Crippen LogP contribution in [0.1, 0.15) is 0 Å². The average molecular weight is 213 g/mol. The van der Waals surface area contributed by atoms with Crippen LogP contribution in [0.3, 0.4) is 0 Å². The van der Waals surface area contributed by atoms with Crippen LogP contribution in [0.2, 0.25) is 0 Å². The van der Waals surface area contributed by atoms with E-state index in [1.165, 1.54) is 10.4 Å². The van der Waals surface area contributed by atoms with Crippen molar-refractivity contribution in [3.63, 3.8) is 0 Å². The third-order valence-corrected chi connectivity index (χ3v) is 4.22. The Morgan fingerprint density at radius 2 is 1.67 bits per heavy atom. The van der Waals surface area contributed by atoms with Gasteiger partial charge in [-0.3, -0.25) is 0 Å². The molecule has 0 spiro atoms. The maximum Gasteiger partial charge on any atom is 0.0841 e. The van der Waals surface area contributed by atoms with Crippen LogP contribution in [0.15, 0.2) is 64.4 Å². The summed E-state index contributed by atoms with van der Waals surface area (Å²) in [7, 11) is -0.286. The highest BCUT2D eigenvalue weighted by atomic mass is 32.2. The van der Waals surface area contributed by atoms with Gasteiger partial charge in [0.2, 0.25) is 0 Å². The van der Waals surface area contributed by atoms with E-state index in [0.717, 1.165) is 5.52 Å². The van der Waals surface area contributed by atoms with Crippen LogP contribution >= 0.6 is 10.9 Å². The molecule has 0 saturated heterocycles. The second-order valence-electron chi connectivity index (χ2n) is 3.45. The Hall–Kier alpha value is -1.54. The molecule has 0 unspecified atom stereocenters. The normalized spacial score (nSPS) is 16.4. The number of para-hydroxylation sites is 1. The SMILES string of the molecule is C1=C[SH](c2ccc3ccccc3n2)C=C1. The van der Waals surface area contributed by atoms with E-state index in [1.807, 2.05) is 12.1 Å². The van der Waals surface area contributed by atoms with Gasteiger partial charge >= 0.3 is 0 Å². The molecule has 1 aromatic heterocycles. The monoisotopic (exact) mass is 213 g/mol. The van der Waals surface area contributed by atoms with Crippen LogP contribution in [0, 0.1) is 0 Å². The Morgan fingerprint density at radius 1 is 0.867 bits per heavy atom. The van der Waals surface area contributed by atoms with Gasteiger partial charge in [-0.25, -0.2) is 4.98 Å². The number of nitrogens with zero attached hydrogens (tertiary/aromatic N) is 1. The zero-order valence-corrected chi connectivity index (χ0v) is 9.06. The molecule has 1 aromatic carbocycles. The number of allylic oxidation sites excluding steroid dienone is 2. The van der Waals surface area contributed by atoms with E-state index in [0.29, 0.717) is 0 Å². The Bertz CT molecular complexity index is 545. The molecule has 0 amide bonds. The summed E-state index contributed by atoms with van der Waals surface area (Å²) in [5.41, 5.74) is 1.09. The summed E-state index contributed by atoms with van der Waals surface area (Å²) < 4.78 is 0. The number of benzene rings is 1. The number of pyridine rings is 1. The molecular formula is C13H11NS. The lowest BCUT2D eigenvalue weighted by atomic mass is 10.2. The minimum Gasteiger partial charge on any atom is -0.243 e. The van der Waals surface area contributed by atoms with E-state index in [1.54, 1.807) is 0 Å². The van der Waals surface area contributed by atoms with Gasteiger partial charge in [-0.15, -0.1) is 0 Å². The topological polar surface area (TPSA) is 12.9 Å². The summed E-state index contributed by atoms with van der Waals surface area (Å²) in [5, 5.41) is 6.86. The van der Waals surface area contributed by atoms with Crippen molar-refractivity contribution in [2.45, 2.75) is 5.03 Å². The quantitative estimate of drug-likeness (QED) is 0.714. The molecule has 1 aliphatic heterocycles. The standard InChI is InChI=1S/C13H11NS/c1-2-6-12-11(5-1)7-8-13(14-12)15-9-3-4-10-15/h1-10,15H. The van der Waals surface area contributed by atoms with Gasteiger partial charge in [0.25, 0.3) is 0 Å². The highest BCUT2D eigenvalue weighted by molar-refractivity contribution is 8.22. The van der Waals surface area contributed by atoms with Crippen LogP contribution in [-0.2, 0) is 0 Å². The van der Waals surface area contributed by atoms with Crippen LogP contribution in [0.5, 0.6) is 0 Å². The predicted octanol–water partition coefficient (Wildman–Crippen LogP) is 3.64. The molecule has 0 atom stereocenters. The van der Waals surface area contributed by atoms with Crippen molar-refractivity contribution < 1.29 is 0 Å². The molecule has 3 rings (SSSR count). The molecule has 0 radical (unpaired) electrons. The van der Waals surface area contributed by atoms with Crippen molar-refractivity contribution in [2.24, 2.45) is 0 Å². The maximum atomic E-state index is 4.68. The summed E-state index contributed by atoms with van der Waals surface area (Å²) >= 11 is 0. The molecule has 0 aliphatic carbocycles. The van der Waals surface area contributed by atoms with Gasteiger partial charge in [-0.1, -0.05) is 36.4 Å². The van der Waals surface area contributed by atoms with Crippen molar-refractivity contribution in [3.8, 4) is 0 Å². The molecule has 0 fully saturated rings. The van der Waals surface area contributed by atoms with Crippen LogP contribution in [-0.4, -0.2) is 4.98 Å². The predicted molar refractivity (Wildman–Crippen MR) is 67.3 cm³/mol. The first kappa shape index (κ1) is 8.74. The fourth-order valence-electron chi connectivity index (χ4n) is 1.69. The van der Waals surface area contributed by atoms with Crippen molar-refractivity contribution in [2.75, 3.05) is 0 Å². The van der Waals surface area contributed by atoms with Gasteiger partial charge in [-0.2, -0.15) is 10.9 Å². The number of fused-ring (bicyclic) bond motifs is 1. The van der Waals surface area contributed by atoms with Gasteiger partial charge in [0, 0.05) is 5.39 Å². The smallest absolute Gasteiger partial charge is 0.0841 e. The first-order valence-corrected chi connectivity index (χ1v) is 6.41. The fourth-order valence-corrected chi connectivity index (χ4v) is 3.13. The molecule has 0 N–H and O–H groups in total. The number of hydrogen-bond donors (Lipinski definition) is 1. The molecule has 1 aliphatic rings. The molecule has 0 saturated carbocycles. The van der Waals surface area contributed by atoms with Crippen LogP contribution < -0.4 is 0 Å². The molecule has 2 heterocycles. The largest absolute Gasteiger partial charge is 0.243 e. The molecule has 74 valence electrons. The van der Waals surface area contributed by atoms with Crippen molar-refractivity contribution in [1.82, 2.24) is 4.98 Å². The Labute approximate surface area is 91.5 Å². The second-order valence-corrected chi connectivity index (χ2v) is 5.32. The lowest BCUT2D eigenvalue weighted by molar-refractivity contribution is 1.19. The average Bonchev–Trinajstić information content (AvgIpc) is 2.82. The van der Waals surface area contributed by atoms with Gasteiger partial charge < -0.3 is 0 Å². The summed E-state index contributed by atoms with van der Waals surface area (Å²) in [6.07, 6.45) is 4.20. The van der Waals surface area contributed by atoms with Gasteiger partial charge in [0.1, 0.15) is 0 Å². The Balaban J connectivity index is 2.13. The van der Waals surface area contributed by atoms with Crippen molar-refractivity contribution in [1.29, 1.82) is 0 Å². The van der Waals surface area contributed by atoms with E-state index in [9.17, 15) is 0 Å². The Kier molecular flexibility index (Phi) is 2.07. The highest BCUT2D eigenvalue weighted by Gasteiger charge is 2.04. The van der Waals surface area contributed by atoms with Crippen LogP contribution in [0.4, 0.5) is 0 Å². The molecular weight excluding hydrogens is 202 g/mol. The van der Waals surface area contributed by atoms with E-state index >= 15 is 0 Å². The van der Waals surface area contributed by atoms with Gasteiger partial charge in [0.05, 0.1) is 10.5 Å². The van der Waals surface area contributed by atoms with E-state index in [4.69, 9.17) is 0 Å². The second kappa shape index (κ2) is 3.55. The summed E-state index contributed by atoms with van der Waals surface area (Å²) in [6.45, 7) is 0. The fraction of sp³-hybridized carbons (Fsp3) is 0. The summed E-state index contributed by atoms with van der Waals surface area (Å²) in [6, 6.07) is 12.5. The molecule has 15 heavy (non-hydrogen) atoms. The zero-order valence-electron chi connectivity index (χ0n) is 8.17. The lowest BCUT2D eigenvalue weighted by Crippen LogP contribution is -1.83. The number of hydrogen-bond acceptors (Lipinski definition) is 1. The zero-order chi connectivity index (χ0) is 10.1. The molecule has 1 nitrogen and oxygen atoms in total. The Morgan fingerprint density at radius 3 is 2.53 bits per heavy atom. The number of thiol groups is 1. The van der Waals surface area contributed by atoms with E-state index in [-0.39, 0.29) is 10.9 Å². The number of rotatable bonds is 1. The van der Waals surface area contributed by atoms with Crippen LogP contribution in [0.25, 0.3) is 10.9 Å². The maximum absolute atomic E-state index is 4.68. The third-order valence-electron chi connectivity index (χ3n) is 2.45. The third kappa shape index (κ3) is 1.57. The van der Waals surface area contributed by atoms with Crippen molar-refractivity contribution in [3.05, 3.63) is 59.4 Å². The van der Waals surface area contributed by atoms with E-state index in [2.05, 4.69) is 52.2 Å². The van der Waals surface area contributed by atoms with Crippen molar-refractivity contribution >= 4 is 21.8 Å². The first-order chi connectivity index (χ1) is 7.43. The molecule has 2 heteroatoms. The lowest BCUT2D eigenvalue weighted by Gasteiger charge is -2.09. The van der Waals surface area contributed by atoms with E-state index < -0.39 is 0 Å². The molecule has 0 bridgehead atoms. The van der Waals surface area contributed by atoms with Gasteiger partial charge in [0.15, 0.2) is 0 Å². The molecule has 2 aromatic rings. The minimum atomic E-state index is -0.286.